The molecule has 0 saturated carbocycles. The highest BCUT2D eigenvalue weighted by molar-refractivity contribution is 6.07. The van der Waals surface area contributed by atoms with Crippen molar-refractivity contribution in [2.45, 2.75) is 72.2 Å². The molecule has 3 aromatic carbocycles. The molecule has 2 aliphatic heterocycles. The summed E-state index contributed by atoms with van der Waals surface area (Å²) in [5.74, 6) is -0.120. The normalized spacial score (nSPS) is 15.5. The number of ether oxygens (including phenoxy) is 1. The monoisotopic (exact) mass is 564 g/mol. The Morgan fingerprint density at radius 3 is 2.52 bits per heavy atom. The highest BCUT2D eigenvalue weighted by Gasteiger charge is 2.29. The molecular formula is C35H40N4O3. The zero-order chi connectivity index (χ0) is 29.4. The zero-order valence-corrected chi connectivity index (χ0v) is 25.0. The summed E-state index contributed by atoms with van der Waals surface area (Å²) in [4.78, 5) is 29.4. The molecule has 0 atom stereocenters. The molecule has 1 saturated heterocycles. The molecule has 1 aromatic heterocycles. The van der Waals surface area contributed by atoms with Crippen molar-refractivity contribution in [1.82, 2.24) is 14.8 Å². The number of para-hydroxylation sites is 1. The lowest BCUT2D eigenvalue weighted by Gasteiger charge is -2.26. The van der Waals surface area contributed by atoms with Crippen LogP contribution in [0, 0.1) is 6.92 Å². The first-order chi connectivity index (χ1) is 20.2. The SMILES string of the molecule is Cc1ccccc1NCc1cc2c(c(-c3cc4cc(CN5CCCCC5)ccc4n3C(=O)OC(C)(C)C)c1)C(=O)NC2. The Balaban J connectivity index is 1.45. The van der Waals surface area contributed by atoms with Gasteiger partial charge < -0.3 is 15.4 Å². The van der Waals surface area contributed by atoms with Gasteiger partial charge in [-0.2, -0.15) is 0 Å². The van der Waals surface area contributed by atoms with E-state index in [1.165, 1.54) is 30.4 Å². The molecule has 0 bridgehead atoms. The fourth-order valence-corrected chi connectivity index (χ4v) is 6.15. The number of nitrogens with zero attached hydrogens (tertiary/aromatic N) is 2. The molecule has 0 radical (unpaired) electrons. The maximum atomic E-state index is 13.8. The molecule has 4 aromatic rings. The Kier molecular flexibility index (Phi) is 7.54. The van der Waals surface area contributed by atoms with E-state index in [1.54, 1.807) is 4.57 Å². The van der Waals surface area contributed by atoms with Gasteiger partial charge >= 0.3 is 6.09 Å². The van der Waals surface area contributed by atoms with Crippen LogP contribution in [0.15, 0.2) is 60.7 Å². The molecular weight excluding hydrogens is 524 g/mol. The Bertz CT molecular complexity index is 1660. The first-order valence-corrected chi connectivity index (χ1v) is 15.0. The molecule has 3 heterocycles. The van der Waals surface area contributed by atoms with Crippen molar-refractivity contribution in [3.05, 3.63) is 88.5 Å². The van der Waals surface area contributed by atoms with Gasteiger partial charge in [0.15, 0.2) is 0 Å². The van der Waals surface area contributed by atoms with Gasteiger partial charge in [-0.3, -0.25) is 9.69 Å². The van der Waals surface area contributed by atoms with Gasteiger partial charge in [-0.05, 0) is 106 Å². The number of piperidine rings is 1. The number of anilines is 1. The van der Waals surface area contributed by atoms with Crippen LogP contribution in [0.25, 0.3) is 22.2 Å². The highest BCUT2D eigenvalue weighted by Crippen LogP contribution is 2.36. The number of amides is 1. The third kappa shape index (κ3) is 5.79. The van der Waals surface area contributed by atoms with Gasteiger partial charge in [-0.1, -0.05) is 36.8 Å². The largest absolute Gasteiger partial charge is 0.443 e. The highest BCUT2D eigenvalue weighted by atomic mass is 16.6. The van der Waals surface area contributed by atoms with Crippen molar-refractivity contribution in [3.8, 4) is 11.3 Å². The van der Waals surface area contributed by atoms with Gasteiger partial charge in [0.05, 0.1) is 16.8 Å². The summed E-state index contributed by atoms with van der Waals surface area (Å²) in [6, 6.07) is 20.7. The second-order valence-electron chi connectivity index (χ2n) is 12.6. The quantitative estimate of drug-likeness (QED) is 0.258. The van der Waals surface area contributed by atoms with E-state index in [1.807, 2.05) is 51.1 Å². The van der Waals surface area contributed by atoms with Crippen molar-refractivity contribution in [1.29, 1.82) is 0 Å². The van der Waals surface area contributed by atoms with Gasteiger partial charge in [-0.25, -0.2) is 9.36 Å². The van der Waals surface area contributed by atoms with Crippen molar-refractivity contribution >= 4 is 28.6 Å². The third-order valence-corrected chi connectivity index (χ3v) is 8.15. The van der Waals surface area contributed by atoms with Gasteiger partial charge in [0.1, 0.15) is 5.60 Å². The fraction of sp³-hybridized carbons (Fsp3) is 0.371. The van der Waals surface area contributed by atoms with Crippen LogP contribution in [0.3, 0.4) is 0 Å². The number of aromatic nitrogens is 1. The molecule has 7 nitrogen and oxygen atoms in total. The summed E-state index contributed by atoms with van der Waals surface area (Å²) in [5, 5.41) is 7.49. The molecule has 6 rings (SSSR count). The summed E-state index contributed by atoms with van der Waals surface area (Å²) in [6.45, 7) is 11.9. The minimum absolute atomic E-state index is 0.120. The first-order valence-electron chi connectivity index (χ1n) is 15.0. The summed E-state index contributed by atoms with van der Waals surface area (Å²) in [5.41, 5.74) is 7.56. The van der Waals surface area contributed by atoms with Crippen LogP contribution < -0.4 is 10.6 Å². The van der Waals surface area contributed by atoms with E-state index in [2.05, 4.69) is 52.8 Å². The molecule has 1 amide bonds. The van der Waals surface area contributed by atoms with Crippen molar-refractivity contribution < 1.29 is 14.3 Å². The first kappa shape index (κ1) is 28.0. The molecule has 2 aliphatic rings. The van der Waals surface area contributed by atoms with E-state index in [4.69, 9.17) is 4.74 Å². The van der Waals surface area contributed by atoms with Crippen LogP contribution in [0.2, 0.25) is 0 Å². The van der Waals surface area contributed by atoms with Crippen LogP contribution in [0.1, 0.15) is 72.6 Å². The van der Waals surface area contributed by atoms with Crippen molar-refractivity contribution in [3.63, 3.8) is 0 Å². The Labute approximate surface area is 247 Å². The number of hydrogen-bond acceptors (Lipinski definition) is 5. The van der Waals surface area contributed by atoms with E-state index in [-0.39, 0.29) is 5.91 Å². The molecule has 0 unspecified atom stereocenters. The van der Waals surface area contributed by atoms with Gasteiger partial charge in [-0.15, -0.1) is 0 Å². The maximum absolute atomic E-state index is 13.8. The lowest BCUT2D eigenvalue weighted by Crippen LogP contribution is -2.29. The second kappa shape index (κ2) is 11.3. The Hall–Kier alpha value is -4.10. The van der Waals surface area contributed by atoms with E-state index >= 15 is 0 Å². The fourth-order valence-electron chi connectivity index (χ4n) is 6.15. The van der Waals surface area contributed by atoms with Crippen molar-refractivity contribution in [2.24, 2.45) is 0 Å². The molecule has 0 aliphatic carbocycles. The average Bonchev–Trinajstić information content (AvgIpc) is 3.52. The lowest BCUT2D eigenvalue weighted by molar-refractivity contribution is 0.0547. The Morgan fingerprint density at radius 1 is 0.976 bits per heavy atom. The topological polar surface area (TPSA) is 75.6 Å². The van der Waals surface area contributed by atoms with Crippen LogP contribution in [-0.4, -0.2) is 40.2 Å². The molecule has 0 spiro atoms. The van der Waals surface area contributed by atoms with Crippen LogP contribution in [0.5, 0.6) is 0 Å². The number of fused-ring (bicyclic) bond motifs is 2. The van der Waals surface area contributed by atoms with Crippen LogP contribution in [0.4, 0.5) is 10.5 Å². The maximum Gasteiger partial charge on any atom is 0.419 e. The lowest BCUT2D eigenvalue weighted by atomic mass is 9.96. The summed E-state index contributed by atoms with van der Waals surface area (Å²) in [7, 11) is 0. The number of nitrogens with one attached hydrogen (secondary N) is 2. The molecule has 7 heteroatoms. The molecule has 218 valence electrons. The molecule has 42 heavy (non-hydrogen) atoms. The smallest absolute Gasteiger partial charge is 0.419 e. The minimum atomic E-state index is -0.669. The van der Waals surface area contributed by atoms with Crippen LogP contribution in [-0.2, 0) is 24.4 Å². The molecule has 1 fully saturated rings. The predicted octanol–water partition coefficient (Wildman–Crippen LogP) is 7.24. The average molecular weight is 565 g/mol. The predicted molar refractivity (Wildman–Crippen MR) is 168 cm³/mol. The van der Waals surface area contributed by atoms with Crippen LogP contribution >= 0.6 is 0 Å². The van der Waals surface area contributed by atoms with E-state index in [0.717, 1.165) is 52.9 Å². The molecule has 2 N–H and O–H groups in total. The van der Waals surface area contributed by atoms with E-state index in [0.29, 0.717) is 24.3 Å². The van der Waals surface area contributed by atoms with Gasteiger partial charge in [0, 0.05) is 36.3 Å². The number of aryl methyl sites for hydroxylation is 1. The number of rotatable bonds is 6. The number of hydrogen-bond donors (Lipinski definition) is 2. The third-order valence-electron chi connectivity index (χ3n) is 8.15. The standard InChI is InChI=1S/C35H40N4O3/c1-23-10-6-7-11-29(23)36-20-25-17-27-21-37-33(40)32(27)28(18-25)31-19-26-16-24(22-38-14-8-5-9-15-38)12-13-30(26)39(31)34(41)42-35(2,3)4/h6-7,10-13,16-19,36H,5,8-9,14-15,20-22H2,1-4H3,(H,37,40). The van der Waals surface area contributed by atoms with E-state index in [9.17, 15) is 9.59 Å². The number of likely N-dealkylation sites (tertiary alicyclic amines) is 1. The van der Waals surface area contributed by atoms with Gasteiger partial charge in [0.25, 0.3) is 5.91 Å². The number of carbonyl (C=O) groups excluding carboxylic acids is 2. The number of benzene rings is 3. The minimum Gasteiger partial charge on any atom is -0.443 e. The summed E-state index contributed by atoms with van der Waals surface area (Å²) in [6.07, 6.45) is 3.33. The van der Waals surface area contributed by atoms with E-state index < -0.39 is 11.7 Å². The summed E-state index contributed by atoms with van der Waals surface area (Å²) >= 11 is 0. The zero-order valence-electron chi connectivity index (χ0n) is 25.0. The second-order valence-corrected chi connectivity index (χ2v) is 12.6. The Morgan fingerprint density at radius 2 is 1.76 bits per heavy atom. The van der Waals surface area contributed by atoms with Crippen molar-refractivity contribution in [2.75, 3.05) is 18.4 Å². The summed E-state index contributed by atoms with van der Waals surface area (Å²) < 4.78 is 7.55. The number of carbonyl (C=O) groups is 2. The van der Waals surface area contributed by atoms with Gasteiger partial charge in [0.2, 0.25) is 0 Å².